The van der Waals surface area contributed by atoms with Crippen molar-refractivity contribution in [2.75, 3.05) is 6.61 Å². The summed E-state index contributed by atoms with van der Waals surface area (Å²) in [6, 6.07) is 23.1. The summed E-state index contributed by atoms with van der Waals surface area (Å²) in [6.45, 7) is 4.88. The van der Waals surface area contributed by atoms with E-state index in [2.05, 4.69) is 26.8 Å². The van der Waals surface area contributed by atoms with E-state index in [0.717, 1.165) is 17.0 Å². The summed E-state index contributed by atoms with van der Waals surface area (Å²) in [5, 5.41) is 3.93. The predicted octanol–water partition coefficient (Wildman–Crippen LogP) is 4.65. The van der Waals surface area contributed by atoms with Crippen LogP contribution in [0, 0.1) is 13.8 Å². The molecule has 35 heavy (non-hydrogen) atoms. The Bertz CT molecular complexity index is 1300. The summed E-state index contributed by atoms with van der Waals surface area (Å²) in [4.78, 5) is 22.1. The topological polar surface area (TPSA) is 91.7 Å². The highest BCUT2D eigenvalue weighted by Gasteiger charge is 2.16. The van der Waals surface area contributed by atoms with E-state index in [0.29, 0.717) is 30.0 Å². The molecule has 4 aromatic rings. The minimum atomic E-state index is -0.192. The Morgan fingerprint density at radius 2 is 1.74 bits per heavy atom. The first-order chi connectivity index (χ1) is 17.0. The van der Waals surface area contributed by atoms with Crippen LogP contribution in [0.1, 0.15) is 38.4 Å². The molecule has 2 aromatic heterocycles. The van der Waals surface area contributed by atoms with Crippen molar-refractivity contribution < 1.29 is 14.4 Å². The highest BCUT2D eigenvalue weighted by atomic mass is 16.6. The molecule has 4 rings (SSSR count). The van der Waals surface area contributed by atoms with E-state index in [1.54, 1.807) is 36.7 Å². The average Bonchev–Trinajstić information content (AvgIpc) is 3.17. The molecular formula is C28H28N4O3. The zero-order chi connectivity index (χ0) is 24.6. The number of ketones is 1. The van der Waals surface area contributed by atoms with Gasteiger partial charge in [0, 0.05) is 47.0 Å². The number of hydrogen-bond donors (Lipinski definition) is 1. The third-order valence-corrected chi connectivity index (χ3v) is 5.69. The normalized spacial score (nSPS) is 11.3. The van der Waals surface area contributed by atoms with Gasteiger partial charge >= 0.3 is 0 Å². The number of oxime groups is 1. The molecule has 0 spiro atoms. The van der Waals surface area contributed by atoms with Crippen LogP contribution in [-0.2, 0) is 18.0 Å². The van der Waals surface area contributed by atoms with Crippen LogP contribution >= 0.6 is 0 Å². The van der Waals surface area contributed by atoms with E-state index < -0.39 is 0 Å². The third-order valence-electron chi connectivity index (χ3n) is 5.69. The summed E-state index contributed by atoms with van der Waals surface area (Å²) in [7, 11) is 0. The molecule has 0 radical (unpaired) electrons. The van der Waals surface area contributed by atoms with Crippen molar-refractivity contribution in [3.63, 3.8) is 0 Å². The quantitative estimate of drug-likeness (QED) is 0.158. The van der Waals surface area contributed by atoms with Gasteiger partial charge in [0.1, 0.15) is 12.4 Å². The minimum Gasteiger partial charge on any atom is -0.489 e. The van der Waals surface area contributed by atoms with E-state index >= 15 is 0 Å². The Kier molecular flexibility index (Phi) is 7.57. The van der Waals surface area contributed by atoms with Crippen molar-refractivity contribution in [3.05, 3.63) is 119 Å². The van der Waals surface area contributed by atoms with Crippen LogP contribution in [-0.4, -0.2) is 27.8 Å². The monoisotopic (exact) mass is 468 g/mol. The van der Waals surface area contributed by atoms with E-state index in [9.17, 15) is 4.79 Å². The van der Waals surface area contributed by atoms with E-state index in [1.165, 1.54) is 5.56 Å². The van der Waals surface area contributed by atoms with Crippen LogP contribution in [0.2, 0.25) is 0 Å². The number of rotatable bonds is 10. The Morgan fingerprint density at radius 3 is 2.46 bits per heavy atom. The molecule has 0 bridgehead atoms. The first-order valence-corrected chi connectivity index (χ1v) is 11.3. The molecular weight excluding hydrogens is 440 g/mol. The minimum absolute atomic E-state index is 0.145. The maximum Gasteiger partial charge on any atom is 0.204 e. The molecule has 0 aliphatic heterocycles. The smallest absolute Gasteiger partial charge is 0.204 e. The van der Waals surface area contributed by atoms with Gasteiger partial charge in [-0.25, -0.2) is 0 Å². The number of aromatic nitrogens is 2. The SMILES string of the molecule is Cc1cc(C(=O)CON=C(N)c2ccc(OCc3cccnc3)cc2)c(C)n1Cc1ccccc1. The van der Waals surface area contributed by atoms with Gasteiger partial charge in [-0.2, -0.15) is 0 Å². The van der Waals surface area contributed by atoms with Crippen LogP contribution in [0.4, 0.5) is 0 Å². The van der Waals surface area contributed by atoms with Gasteiger partial charge in [0.2, 0.25) is 5.78 Å². The van der Waals surface area contributed by atoms with Crippen molar-refractivity contribution in [1.29, 1.82) is 0 Å². The number of nitrogens with two attached hydrogens (primary N) is 1. The number of hydrogen-bond acceptors (Lipinski definition) is 5. The van der Waals surface area contributed by atoms with Gasteiger partial charge in [-0.05, 0) is 55.8 Å². The summed E-state index contributed by atoms with van der Waals surface area (Å²) in [5.74, 6) is 0.742. The molecule has 0 unspecified atom stereocenters. The molecule has 2 N–H and O–H groups in total. The molecule has 2 aromatic carbocycles. The largest absolute Gasteiger partial charge is 0.489 e. The van der Waals surface area contributed by atoms with Crippen LogP contribution in [0.5, 0.6) is 5.75 Å². The number of carbonyl (C=O) groups excluding carboxylic acids is 1. The molecule has 0 fully saturated rings. The van der Waals surface area contributed by atoms with Gasteiger partial charge in [-0.3, -0.25) is 9.78 Å². The number of aryl methyl sites for hydroxylation is 1. The average molecular weight is 469 g/mol. The fraction of sp³-hybridized carbons (Fsp3) is 0.179. The lowest BCUT2D eigenvalue weighted by molar-refractivity contribution is 0.0775. The molecule has 7 heteroatoms. The van der Waals surface area contributed by atoms with E-state index in [4.69, 9.17) is 15.3 Å². The second kappa shape index (κ2) is 11.2. The summed E-state index contributed by atoms with van der Waals surface area (Å²) in [6.07, 6.45) is 3.49. The number of carbonyl (C=O) groups is 1. The van der Waals surface area contributed by atoms with Crippen LogP contribution in [0.3, 0.4) is 0 Å². The maximum absolute atomic E-state index is 12.8. The van der Waals surface area contributed by atoms with Crippen molar-refractivity contribution in [3.8, 4) is 5.75 Å². The lowest BCUT2D eigenvalue weighted by Gasteiger charge is -2.10. The van der Waals surface area contributed by atoms with Gasteiger partial charge in [-0.15, -0.1) is 0 Å². The van der Waals surface area contributed by atoms with Crippen molar-refractivity contribution in [1.82, 2.24) is 9.55 Å². The Morgan fingerprint density at radius 1 is 1.00 bits per heavy atom. The third kappa shape index (κ3) is 6.14. The van der Waals surface area contributed by atoms with Crippen molar-refractivity contribution >= 4 is 11.6 Å². The molecule has 7 nitrogen and oxygen atoms in total. The van der Waals surface area contributed by atoms with Crippen molar-refractivity contribution in [2.45, 2.75) is 27.0 Å². The zero-order valence-corrected chi connectivity index (χ0v) is 19.8. The van der Waals surface area contributed by atoms with Crippen LogP contribution < -0.4 is 10.5 Å². The summed E-state index contributed by atoms with van der Waals surface area (Å²) < 4.78 is 7.87. The predicted molar refractivity (Wildman–Crippen MR) is 135 cm³/mol. The van der Waals surface area contributed by atoms with Gasteiger partial charge in [-0.1, -0.05) is 41.6 Å². The summed E-state index contributed by atoms with van der Waals surface area (Å²) in [5.41, 5.74) is 11.4. The number of ether oxygens (including phenoxy) is 1. The lowest BCUT2D eigenvalue weighted by Crippen LogP contribution is -2.16. The number of nitrogens with zero attached hydrogens (tertiary/aromatic N) is 3. The zero-order valence-electron chi connectivity index (χ0n) is 19.8. The molecule has 178 valence electrons. The second-order valence-electron chi connectivity index (χ2n) is 8.20. The molecule has 0 saturated carbocycles. The van der Waals surface area contributed by atoms with E-state index in [1.807, 2.05) is 50.2 Å². The first-order valence-electron chi connectivity index (χ1n) is 11.3. The standard InChI is InChI=1S/C28H28N4O3/c1-20-15-26(21(2)32(20)17-22-7-4-3-5-8-22)27(33)19-35-31-28(29)24-10-12-25(13-11-24)34-18-23-9-6-14-30-16-23/h3-16H,17-19H2,1-2H3,(H2,29,31). The maximum atomic E-state index is 12.8. The molecule has 0 saturated heterocycles. The van der Waals surface area contributed by atoms with Crippen LogP contribution in [0.15, 0.2) is 90.3 Å². The Labute approximate surface area is 204 Å². The highest BCUT2D eigenvalue weighted by molar-refractivity contribution is 5.99. The molecule has 2 heterocycles. The highest BCUT2D eigenvalue weighted by Crippen LogP contribution is 2.18. The van der Waals surface area contributed by atoms with Crippen molar-refractivity contribution in [2.24, 2.45) is 10.9 Å². The second-order valence-corrected chi connectivity index (χ2v) is 8.20. The Hall–Kier alpha value is -4.39. The molecule has 0 atom stereocenters. The fourth-order valence-corrected chi connectivity index (χ4v) is 3.76. The van der Waals surface area contributed by atoms with Gasteiger partial charge in [0.25, 0.3) is 0 Å². The number of amidine groups is 1. The van der Waals surface area contributed by atoms with Gasteiger partial charge in [0.05, 0.1) is 0 Å². The Balaban J connectivity index is 1.32. The lowest BCUT2D eigenvalue weighted by atomic mass is 10.1. The summed E-state index contributed by atoms with van der Waals surface area (Å²) >= 11 is 0. The van der Waals surface area contributed by atoms with E-state index in [-0.39, 0.29) is 18.2 Å². The number of benzene rings is 2. The number of pyridine rings is 1. The molecule has 0 amide bonds. The molecule has 0 aliphatic carbocycles. The van der Waals surface area contributed by atoms with Crippen LogP contribution in [0.25, 0.3) is 0 Å². The van der Waals surface area contributed by atoms with Gasteiger partial charge in [0.15, 0.2) is 12.4 Å². The van der Waals surface area contributed by atoms with Gasteiger partial charge < -0.3 is 19.9 Å². The number of Topliss-reactive ketones (excluding diaryl/α,β-unsaturated/α-hetero) is 1. The fourth-order valence-electron chi connectivity index (χ4n) is 3.76. The molecule has 0 aliphatic rings. The first kappa shape index (κ1) is 23.8.